The van der Waals surface area contributed by atoms with Gasteiger partial charge in [0.05, 0.1) is 0 Å². The molecule has 0 fully saturated rings. The number of nitrogens with one attached hydrogen (secondary N) is 2. The predicted molar refractivity (Wildman–Crippen MR) is 139 cm³/mol. The summed E-state index contributed by atoms with van der Waals surface area (Å²) >= 11 is 0. The number of rotatable bonds is 15. The van der Waals surface area contributed by atoms with E-state index in [4.69, 9.17) is 0 Å². The molecule has 0 aliphatic carbocycles. The van der Waals surface area contributed by atoms with Crippen LogP contribution >= 0.6 is 0 Å². The lowest BCUT2D eigenvalue weighted by molar-refractivity contribution is 0.219. The Morgan fingerprint density at radius 1 is 1.29 bits per heavy atom. The first-order chi connectivity index (χ1) is 14.7. The lowest BCUT2D eigenvalue weighted by atomic mass is 10.2. The number of urea groups is 1. The van der Waals surface area contributed by atoms with Gasteiger partial charge in [-0.3, -0.25) is 9.11 Å². The summed E-state index contributed by atoms with van der Waals surface area (Å²) in [6.45, 7) is 16.4. The first-order valence-electron chi connectivity index (χ1n) is 10.9. The van der Waals surface area contributed by atoms with E-state index < -0.39 is 9.52 Å². The van der Waals surface area contributed by atoms with Gasteiger partial charge in [-0.1, -0.05) is 51.7 Å². The fraction of sp³-hybridized carbons (Fsp3) is 0.542. The molecule has 0 bridgehead atoms. The quantitative estimate of drug-likeness (QED) is 0.0996. The monoisotopic (exact) mass is 450 g/mol. The van der Waals surface area contributed by atoms with Gasteiger partial charge >= 0.3 is 6.03 Å². The molecule has 31 heavy (non-hydrogen) atoms. The van der Waals surface area contributed by atoms with E-state index in [2.05, 4.69) is 35.7 Å². The molecule has 0 heterocycles. The van der Waals surface area contributed by atoms with Crippen LogP contribution in [0.2, 0.25) is 0 Å². The van der Waals surface area contributed by atoms with Crippen molar-refractivity contribution in [2.24, 2.45) is 4.99 Å². The van der Waals surface area contributed by atoms with Gasteiger partial charge in [-0.25, -0.2) is 4.79 Å². The van der Waals surface area contributed by atoms with Crippen LogP contribution < -0.4 is 10.6 Å². The van der Waals surface area contributed by atoms with Crippen LogP contribution in [0.15, 0.2) is 54.2 Å². The molecule has 7 heteroatoms. The standard InChI is InChI=1S/C24H42N4O2S/c1-8-18-28(19-12-11-16-25-6)24(29)27-20-21(4)13-14-23(9-2)31(7,30)22(5)15-17-26-10-3/h8,12-14,16,19,22,26H,1,4,9-11,15,17-18,20H2,2-3,5-7H3,(H,27,29)/b14-13-,19-12+,25-16?. The molecule has 0 aliphatic rings. The van der Waals surface area contributed by atoms with Gasteiger partial charge in [0.1, 0.15) is 0 Å². The number of nitrogens with zero attached hydrogens (tertiary/aromatic N) is 2. The average Bonchev–Trinajstić information content (AvgIpc) is 2.74. The number of hydrogen-bond donors (Lipinski definition) is 2. The van der Waals surface area contributed by atoms with Crippen LogP contribution in [0.4, 0.5) is 4.79 Å². The Balaban J connectivity index is 5.03. The van der Waals surface area contributed by atoms with E-state index >= 15 is 0 Å². The van der Waals surface area contributed by atoms with Gasteiger partial charge in [0.25, 0.3) is 0 Å². The Hall–Kier alpha value is -2.12. The summed E-state index contributed by atoms with van der Waals surface area (Å²) in [4.78, 5) is 18.8. The van der Waals surface area contributed by atoms with Gasteiger partial charge < -0.3 is 15.6 Å². The second-order valence-electron chi connectivity index (χ2n) is 7.33. The summed E-state index contributed by atoms with van der Waals surface area (Å²) in [5.41, 5.74) is 0.746. The predicted octanol–water partition coefficient (Wildman–Crippen LogP) is 3.79. The number of hydrogen-bond acceptors (Lipinski definition) is 4. The summed E-state index contributed by atoms with van der Waals surface area (Å²) in [7, 11) is -0.410. The van der Waals surface area contributed by atoms with Crippen LogP contribution in [0, 0.1) is 0 Å². The number of allylic oxidation sites excluding steroid dienone is 2. The molecule has 0 radical (unpaired) electrons. The highest BCUT2D eigenvalue weighted by molar-refractivity contribution is 8.02. The smallest absolute Gasteiger partial charge is 0.321 e. The molecule has 0 saturated carbocycles. The van der Waals surface area contributed by atoms with Gasteiger partial charge in [-0.05, 0) is 41.0 Å². The Morgan fingerprint density at radius 3 is 2.58 bits per heavy atom. The Morgan fingerprint density at radius 2 is 2.00 bits per heavy atom. The third-order valence-electron chi connectivity index (χ3n) is 4.88. The Kier molecular flexibility index (Phi) is 15.4. The van der Waals surface area contributed by atoms with Crippen molar-refractivity contribution in [3.63, 3.8) is 0 Å². The van der Waals surface area contributed by atoms with Crippen molar-refractivity contribution in [1.82, 2.24) is 15.5 Å². The molecule has 0 rings (SSSR count). The van der Waals surface area contributed by atoms with Crippen molar-refractivity contribution in [3.8, 4) is 0 Å². The first kappa shape index (κ1) is 28.9. The number of carbonyl (C=O) groups is 1. The molecule has 0 aromatic rings. The van der Waals surface area contributed by atoms with Crippen molar-refractivity contribution in [3.05, 3.63) is 49.2 Å². The van der Waals surface area contributed by atoms with Crippen molar-refractivity contribution >= 4 is 26.6 Å². The average molecular weight is 451 g/mol. The summed E-state index contributed by atoms with van der Waals surface area (Å²) in [6, 6.07) is -0.227. The molecule has 6 nitrogen and oxygen atoms in total. The number of aliphatic imine (C=N–C) groups is 1. The molecular formula is C24H42N4O2S. The highest BCUT2D eigenvalue weighted by atomic mass is 32.2. The fourth-order valence-corrected chi connectivity index (χ4v) is 4.77. The van der Waals surface area contributed by atoms with Gasteiger partial charge in [-0.15, -0.1) is 6.58 Å². The van der Waals surface area contributed by atoms with Crippen molar-refractivity contribution in [2.45, 2.75) is 45.3 Å². The van der Waals surface area contributed by atoms with E-state index in [1.54, 1.807) is 30.4 Å². The minimum Gasteiger partial charge on any atom is -0.334 e. The maximum atomic E-state index is 13.3. The SMILES string of the molecule is C=CCN(/C=C/CC=NC)C(=O)NCC(=C)/C=C\C(CC)=S(C)(=O)C(C)CCNCC. The maximum Gasteiger partial charge on any atom is 0.321 e. The number of amides is 2. The van der Waals surface area contributed by atoms with Crippen molar-refractivity contribution in [2.75, 3.05) is 39.5 Å². The van der Waals surface area contributed by atoms with Crippen molar-refractivity contribution in [1.29, 1.82) is 0 Å². The Bertz CT molecular complexity index is 774. The zero-order chi connectivity index (χ0) is 23.7. The molecule has 2 amide bonds. The molecule has 0 aromatic carbocycles. The van der Waals surface area contributed by atoms with E-state index in [9.17, 15) is 9.00 Å². The van der Waals surface area contributed by atoms with Crippen LogP contribution in [0.1, 0.15) is 40.0 Å². The van der Waals surface area contributed by atoms with Gasteiger partial charge in [0.15, 0.2) is 0 Å². The first-order valence-corrected chi connectivity index (χ1v) is 12.9. The van der Waals surface area contributed by atoms with E-state index in [0.717, 1.165) is 36.4 Å². The van der Waals surface area contributed by atoms with Crippen molar-refractivity contribution < 1.29 is 9.00 Å². The second kappa shape index (κ2) is 16.6. The summed E-state index contributed by atoms with van der Waals surface area (Å²) < 4.78 is 13.3. The zero-order valence-electron chi connectivity index (χ0n) is 20.0. The maximum absolute atomic E-state index is 13.3. The van der Waals surface area contributed by atoms with Crippen LogP contribution in [0.25, 0.3) is 0 Å². The minimum atomic E-state index is -2.12. The van der Waals surface area contributed by atoms with E-state index in [1.165, 1.54) is 0 Å². The molecule has 0 saturated heterocycles. The molecule has 0 aromatic heterocycles. The molecular weight excluding hydrogens is 408 g/mol. The van der Waals surface area contributed by atoms with E-state index in [0.29, 0.717) is 19.5 Å². The van der Waals surface area contributed by atoms with Gasteiger partial charge in [-0.2, -0.15) is 0 Å². The normalized spacial score (nSPS) is 14.6. The van der Waals surface area contributed by atoms with Crippen LogP contribution in [0.3, 0.4) is 0 Å². The highest BCUT2D eigenvalue weighted by Gasteiger charge is 2.15. The van der Waals surface area contributed by atoms with E-state index in [-0.39, 0.29) is 11.3 Å². The molecule has 2 unspecified atom stereocenters. The van der Waals surface area contributed by atoms with Gasteiger partial charge in [0, 0.05) is 55.3 Å². The second-order valence-corrected chi connectivity index (χ2v) is 10.5. The van der Waals surface area contributed by atoms with Crippen LogP contribution in [-0.2, 0) is 9.52 Å². The summed E-state index contributed by atoms with van der Waals surface area (Å²) in [6.07, 6.45) is 14.9. The summed E-state index contributed by atoms with van der Waals surface area (Å²) in [5.74, 6) is 0. The molecule has 0 aliphatic heterocycles. The number of carbonyl (C=O) groups excluding carboxylic acids is 1. The largest absolute Gasteiger partial charge is 0.334 e. The molecule has 0 spiro atoms. The highest BCUT2D eigenvalue weighted by Crippen LogP contribution is 2.10. The Labute approximate surface area is 190 Å². The van der Waals surface area contributed by atoms with E-state index in [1.807, 2.05) is 38.3 Å². The molecule has 2 atom stereocenters. The topological polar surface area (TPSA) is 73.8 Å². The molecule has 176 valence electrons. The third kappa shape index (κ3) is 11.7. The zero-order valence-corrected chi connectivity index (χ0v) is 20.8. The van der Waals surface area contributed by atoms with Crippen LogP contribution in [-0.4, -0.2) is 71.0 Å². The third-order valence-corrected chi connectivity index (χ3v) is 8.12. The minimum absolute atomic E-state index is 0.0936. The summed E-state index contributed by atoms with van der Waals surface area (Å²) in [5, 5.41) is 6.25. The van der Waals surface area contributed by atoms with Crippen LogP contribution in [0.5, 0.6) is 0 Å². The lowest BCUT2D eigenvalue weighted by Gasteiger charge is -2.19. The lowest BCUT2D eigenvalue weighted by Crippen LogP contribution is -2.37. The van der Waals surface area contributed by atoms with Gasteiger partial charge in [0.2, 0.25) is 0 Å². The molecule has 2 N–H and O–H groups in total. The fourth-order valence-electron chi connectivity index (χ4n) is 2.77.